The fourth-order valence-electron chi connectivity index (χ4n) is 1.07. The van der Waals surface area contributed by atoms with E-state index in [0.717, 1.165) is 10.1 Å². The Balaban J connectivity index is 2.94. The van der Waals surface area contributed by atoms with Gasteiger partial charge in [0.2, 0.25) is 0 Å². The Morgan fingerprint density at radius 2 is 2.08 bits per heavy atom. The number of aliphatic hydroxyl groups is 1. The maximum atomic E-state index is 9.57. The summed E-state index contributed by atoms with van der Waals surface area (Å²) in [5, 5.41) is 9.57. The molecular weight excluding hydrogens is 216 g/mol. The van der Waals surface area contributed by atoms with Crippen molar-refractivity contribution in [3.63, 3.8) is 0 Å². The van der Waals surface area contributed by atoms with Crippen LogP contribution in [0.4, 0.5) is 0 Å². The molecule has 2 heteroatoms. The molecule has 0 amide bonds. The van der Waals surface area contributed by atoms with Gasteiger partial charge in [-0.1, -0.05) is 33.7 Å². The highest BCUT2D eigenvalue weighted by Gasteiger charge is 2.08. The molecule has 0 aliphatic heterocycles. The van der Waals surface area contributed by atoms with E-state index >= 15 is 0 Å². The zero-order chi connectivity index (χ0) is 9.14. The van der Waals surface area contributed by atoms with Gasteiger partial charge in [-0.25, -0.2) is 0 Å². The molecule has 0 saturated heterocycles. The summed E-state index contributed by atoms with van der Waals surface area (Å²) in [4.78, 5) is 0. The van der Waals surface area contributed by atoms with E-state index in [1.54, 1.807) is 0 Å². The second-order valence-corrected chi connectivity index (χ2v) is 4.15. The van der Waals surface area contributed by atoms with Crippen LogP contribution in [0.5, 0.6) is 0 Å². The van der Waals surface area contributed by atoms with E-state index in [-0.39, 0.29) is 6.10 Å². The average Bonchev–Trinajstić information content (AvgIpc) is 1.98. The largest absolute Gasteiger partial charge is 0.388 e. The second kappa shape index (κ2) is 4.06. The highest BCUT2D eigenvalue weighted by atomic mass is 79.9. The Morgan fingerprint density at radius 3 is 2.75 bits per heavy atom. The van der Waals surface area contributed by atoms with E-state index in [1.807, 2.05) is 32.1 Å². The van der Waals surface area contributed by atoms with Gasteiger partial charge in [-0.2, -0.15) is 0 Å². The molecule has 0 radical (unpaired) electrons. The monoisotopic (exact) mass is 228 g/mol. The molecule has 0 aromatic rings. The first kappa shape index (κ1) is 9.75. The molecule has 1 N–H and O–H groups in total. The summed E-state index contributed by atoms with van der Waals surface area (Å²) in [5.41, 5.74) is 2.22. The lowest BCUT2D eigenvalue weighted by molar-refractivity contribution is 0.213. The molecule has 0 bridgehead atoms. The van der Waals surface area contributed by atoms with Crippen molar-refractivity contribution < 1.29 is 5.11 Å². The molecule has 1 unspecified atom stereocenters. The Kier molecular flexibility index (Phi) is 3.29. The smallest absolute Gasteiger partial charge is 0.0795 e. The highest BCUT2D eigenvalue weighted by molar-refractivity contribution is 9.11. The molecule has 0 fully saturated rings. The maximum absolute atomic E-state index is 9.57. The van der Waals surface area contributed by atoms with E-state index in [1.165, 1.54) is 5.57 Å². The molecular formula is C10H13BrO. The normalized spacial score (nSPS) is 25.0. The van der Waals surface area contributed by atoms with Crippen LogP contribution in [0, 0.1) is 0 Å². The lowest BCUT2D eigenvalue weighted by Gasteiger charge is -2.12. The van der Waals surface area contributed by atoms with Crippen LogP contribution in [0.25, 0.3) is 0 Å². The summed E-state index contributed by atoms with van der Waals surface area (Å²) in [6, 6.07) is 0. The molecule has 0 aromatic carbocycles. The van der Waals surface area contributed by atoms with Crippen molar-refractivity contribution in [2.24, 2.45) is 0 Å². The number of halogens is 1. The van der Waals surface area contributed by atoms with Gasteiger partial charge in [0.25, 0.3) is 0 Å². The summed E-state index contributed by atoms with van der Waals surface area (Å²) in [6.45, 7) is 3.99. The molecule has 1 nitrogen and oxygen atoms in total. The van der Waals surface area contributed by atoms with Crippen LogP contribution in [-0.4, -0.2) is 11.2 Å². The SMILES string of the molecule is CC1=CC=C(C)C(O)CC(Br)=C1. The molecule has 0 heterocycles. The fraction of sp³-hybridized carbons (Fsp3) is 0.400. The first-order chi connectivity index (χ1) is 5.59. The maximum Gasteiger partial charge on any atom is 0.0795 e. The van der Waals surface area contributed by atoms with Crippen LogP contribution in [0.1, 0.15) is 20.3 Å². The van der Waals surface area contributed by atoms with Gasteiger partial charge in [0.15, 0.2) is 0 Å². The standard InChI is InChI=1S/C10H13BrO/c1-7-3-4-8(2)10(12)6-9(11)5-7/h3-5,10,12H,6H2,1-2H3. The number of hydrogen-bond donors (Lipinski definition) is 1. The number of hydrogen-bond acceptors (Lipinski definition) is 1. The van der Waals surface area contributed by atoms with Crippen molar-refractivity contribution in [3.05, 3.63) is 33.9 Å². The first-order valence-corrected chi connectivity index (χ1v) is 4.78. The lowest BCUT2D eigenvalue weighted by atomic mass is 10.0. The molecule has 1 atom stereocenters. The number of aliphatic hydroxyl groups excluding tert-OH is 1. The van der Waals surface area contributed by atoms with Gasteiger partial charge in [0, 0.05) is 6.42 Å². The van der Waals surface area contributed by atoms with Crippen LogP contribution in [0.15, 0.2) is 33.9 Å². The lowest BCUT2D eigenvalue weighted by Crippen LogP contribution is -2.08. The van der Waals surface area contributed by atoms with E-state index in [4.69, 9.17) is 0 Å². The molecule has 0 saturated carbocycles. The molecule has 12 heavy (non-hydrogen) atoms. The minimum absolute atomic E-state index is 0.347. The van der Waals surface area contributed by atoms with Crippen molar-refractivity contribution in [2.75, 3.05) is 0 Å². The summed E-state index contributed by atoms with van der Waals surface area (Å²) in [7, 11) is 0. The van der Waals surface area contributed by atoms with Gasteiger partial charge in [0.1, 0.15) is 0 Å². The Bertz CT molecular complexity index is 261. The minimum Gasteiger partial charge on any atom is -0.388 e. The zero-order valence-electron chi connectivity index (χ0n) is 7.34. The molecule has 1 aliphatic carbocycles. The first-order valence-electron chi connectivity index (χ1n) is 3.99. The quantitative estimate of drug-likeness (QED) is 0.677. The third-order valence-electron chi connectivity index (χ3n) is 1.91. The summed E-state index contributed by atoms with van der Waals surface area (Å²) >= 11 is 3.41. The third kappa shape index (κ3) is 2.61. The summed E-state index contributed by atoms with van der Waals surface area (Å²) < 4.78 is 1.05. The van der Waals surface area contributed by atoms with Crippen LogP contribution in [-0.2, 0) is 0 Å². The molecule has 1 aliphatic rings. The zero-order valence-corrected chi connectivity index (χ0v) is 8.93. The van der Waals surface area contributed by atoms with Gasteiger partial charge >= 0.3 is 0 Å². The van der Waals surface area contributed by atoms with Crippen LogP contribution < -0.4 is 0 Å². The molecule has 0 spiro atoms. The molecule has 0 aromatic heterocycles. The van der Waals surface area contributed by atoms with E-state index in [0.29, 0.717) is 6.42 Å². The predicted octanol–water partition coefficient (Wildman–Crippen LogP) is 2.92. The van der Waals surface area contributed by atoms with Crippen molar-refractivity contribution in [1.29, 1.82) is 0 Å². The van der Waals surface area contributed by atoms with E-state index in [9.17, 15) is 5.11 Å². The number of rotatable bonds is 0. The van der Waals surface area contributed by atoms with Crippen LogP contribution in [0.2, 0.25) is 0 Å². The van der Waals surface area contributed by atoms with Crippen molar-refractivity contribution in [3.8, 4) is 0 Å². The topological polar surface area (TPSA) is 20.2 Å². The molecule has 1 rings (SSSR count). The van der Waals surface area contributed by atoms with E-state index in [2.05, 4.69) is 15.9 Å². The predicted molar refractivity (Wildman–Crippen MR) is 55.1 cm³/mol. The summed E-state index contributed by atoms with van der Waals surface area (Å²) in [5.74, 6) is 0. The van der Waals surface area contributed by atoms with Crippen LogP contribution in [0.3, 0.4) is 0 Å². The van der Waals surface area contributed by atoms with E-state index < -0.39 is 0 Å². The number of allylic oxidation sites excluding steroid dienone is 4. The van der Waals surface area contributed by atoms with Crippen LogP contribution >= 0.6 is 15.9 Å². The highest BCUT2D eigenvalue weighted by Crippen LogP contribution is 2.21. The van der Waals surface area contributed by atoms with Crippen molar-refractivity contribution in [2.45, 2.75) is 26.4 Å². The second-order valence-electron chi connectivity index (χ2n) is 3.13. The third-order valence-corrected chi connectivity index (χ3v) is 2.46. The van der Waals surface area contributed by atoms with Gasteiger partial charge in [-0.15, -0.1) is 0 Å². The Hall–Kier alpha value is -0.340. The molecule has 66 valence electrons. The van der Waals surface area contributed by atoms with Gasteiger partial charge in [0.05, 0.1) is 6.10 Å². The Morgan fingerprint density at radius 1 is 1.42 bits per heavy atom. The summed E-state index contributed by atoms with van der Waals surface area (Å²) in [6.07, 6.45) is 6.34. The average molecular weight is 229 g/mol. The van der Waals surface area contributed by atoms with Crippen molar-refractivity contribution >= 4 is 15.9 Å². The van der Waals surface area contributed by atoms with Gasteiger partial charge in [-0.05, 0) is 30.0 Å². The minimum atomic E-state index is -0.347. The fourth-order valence-corrected chi connectivity index (χ4v) is 1.74. The van der Waals surface area contributed by atoms with Crippen molar-refractivity contribution in [1.82, 2.24) is 0 Å². The van der Waals surface area contributed by atoms with Gasteiger partial charge in [-0.3, -0.25) is 0 Å². The van der Waals surface area contributed by atoms with Gasteiger partial charge < -0.3 is 5.11 Å². The Labute approximate surface area is 81.6 Å².